The van der Waals surface area contributed by atoms with Gasteiger partial charge in [-0.1, -0.05) is 30.3 Å². The molecule has 0 unspecified atom stereocenters. The first-order chi connectivity index (χ1) is 8.34. The van der Waals surface area contributed by atoms with Crippen molar-refractivity contribution in [3.63, 3.8) is 0 Å². The maximum atomic E-state index is 4.67. The van der Waals surface area contributed by atoms with E-state index >= 15 is 0 Å². The van der Waals surface area contributed by atoms with Gasteiger partial charge in [-0.3, -0.25) is 4.98 Å². The van der Waals surface area contributed by atoms with Crippen LogP contribution in [0.1, 0.15) is 5.56 Å². The van der Waals surface area contributed by atoms with Gasteiger partial charge >= 0.3 is 0 Å². The van der Waals surface area contributed by atoms with E-state index in [-0.39, 0.29) is 0 Å². The fraction of sp³-hybridized carbons (Fsp3) is 0.0667. The normalized spacial score (nSPS) is 10.6. The van der Waals surface area contributed by atoms with Gasteiger partial charge in [0.2, 0.25) is 0 Å². The van der Waals surface area contributed by atoms with Crippen LogP contribution in [-0.2, 0) is 0 Å². The lowest BCUT2D eigenvalue weighted by molar-refractivity contribution is 1.30. The zero-order valence-corrected chi connectivity index (χ0v) is 9.59. The van der Waals surface area contributed by atoms with Gasteiger partial charge in [-0.25, -0.2) is 4.98 Å². The summed E-state index contributed by atoms with van der Waals surface area (Å²) in [4.78, 5) is 8.80. The van der Waals surface area contributed by atoms with Crippen molar-refractivity contribution in [2.75, 3.05) is 0 Å². The van der Waals surface area contributed by atoms with E-state index in [0.29, 0.717) is 0 Å². The Morgan fingerprint density at radius 3 is 2.65 bits per heavy atom. The Hall–Kier alpha value is -2.22. The second-order valence-corrected chi connectivity index (χ2v) is 4.08. The molecule has 2 aromatic heterocycles. The van der Waals surface area contributed by atoms with E-state index in [1.807, 2.05) is 30.5 Å². The average Bonchev–Trinajstić information content (AvgIpc) is 2.40. The molecule has 1 aromatic carbocycles. The van der Waals surface area contributed by atoms with Gasteiger partial charge in [0, 0.05) is 23.3 Å². The van der Waals surface area contributed by atoms with Gasteiger partial charge < -0.3 is 0 Å². The summed E-state index contributed by atoms with van der Waals surface area (Å²) in [6.45, 7) is 2.10. The highest BCUT2D eigenvalue weighted by Gasteiger charge is 2.03. The highest BCUT2D eigenvalue weighted by Crippen LogP contribution is 2.23. The molecule has 2 nitrogen and oxygen atoms in total. The Balaban J connectivity index is 2.26. The summed E-state index contributed by atoms with van der Waals surface area (Å²) < 4.78 is 0. The van der Waals surface area contributed by atoms with Crippen LogP contribution in [0.3, 0.4) is 0 Å². The third-order valence-corrected chi connectivity index (χ3v) is 2.89. The average molecular weight is 220 g/mol. The molecule has 0 spiro atoms. The lowest BCUT2D eigenvalue weighted by atomic mass is 10.1. The first-order valence-corrected chi connectivity index (χ1v) is 5.61. The predicted molar refractivity (Wildman–Crippen MR) is 69.7 cm³/mol. The van der Waals surface area contributed by atoms with Crippen molar-refractivity contribution in [3.05, 3.63) is 60.4 Å². The number of hydrogen-bond donors (Lipinski definition) is 0. The van der Waals surface area contributed by atoms with E-state index in [9.17, 15) is 0 Å². The van der Waals surface area contributed by atoms with Gasteiger partial charge in [-0.15, -0.1) is 0 Å². The maximum absolute atomic E-state index is 4.67. The molecule has 2 heteroatoms. The molecule has 0 aliphatic carbocycles. The van der Waals surface area contributed by atoms with E-state index in [1.165, 1.54) is 5.56 Å². The minimum atomic E-state index is 0.999. The van der Waals surface area contributed by atoms with Crippen LogP contribution >= 0.6 is 0 Å². The second kappa shape index (κ2) is 3.98. The van der Waals surface area contributed by atoms with E-state index < -0.39 is 0 Å². The van der Waals surface area contributed by atoms with Crippen LogP contribution in [0.5, 0.6) is 0 Å². The summed E-state index contributed by atoms with van der Waals surface area (Å²) in [5.74, 6) is 0. The number of nitrogens with zero attached hydrogens (tertiary/aromatic N) is 2. The quantitative estimate of drug-likeness (QED) is 0.626. The van der Waals surface area contributed by atoms with Crippen molar-refractivity contribution in [2.24, 2.45) is 0 Å². The Labute approximate surface area is 100.0 Å². The molecule has 0 N–H and O–H groups in total. The van der Waals surface area contributed by atoms with Crippen molar-refractivity contribution >= 4 is 10.9 Å². The minimum absolute atomic E-state index is 0.999. The topological polar surface area (TPSA) is 25.8 Å². The smallest absolute Gasteiger partial charge is 0.0742 e. The Morgan fingerprint density at radius 2 is 1.82 bits per heavy atom. The molecule has 0 aliphatic rings. The fourth-order valence-corrected chi connectivity index (χ4v) is 1.99. The molecule has 0 fully saturated rings. The molecule has 3 aromatic rings. The molecule has 0 saturated heterocycles. The third-order valence-electron chi connectivity index (χ3n) is 2.89. The number of benzene rings is 1. The van der Waals surface area contributed by atoms with E-state index in [0.717, 1.165) is 22.2 Å². The summed E-state index contributed by atoms with van der Waals surface area (Å²) >= 11 is 0. The molecule has 82 valence electrons. The van der Waals surface area contributed by atoms with Crippen LogP contribution in [0.25, 0.3) is 22.2 Å². The Kier molecular flexibility index (Phi) is 2.33. The molecule has 0 amide bonds. The number of rotatable bonds is 1. The molecule has 17 heavy (non-hydrogen) atoms. The second-order valence-electron chi connectivity index (χ2n) is 4.08. The molecule has 0 aliphatic heterocycles. The van der Waals surface area contributed by atoms with Gasteiger partial charge in [-0.05, 0) is 24.6 Å². The van der Waals surface area contributed by atoms with Crippen molar-refractivity contribution in [2.45, 2.75) is 6.92 Å². The third kappa shape index (κ3) is 1.78. The maximum Gasteiger partial charge on any atom is 0.0742 e. The van der Waals surface area contributed by atoms with E-state index in [2.05, 4.69) is 35.1 Å². The largest absolute Gasteiger partial charge is 0.264 e. The van der Waals surface area contributed by atoms with Crippen LogP contribution < -0.4 is 0 Å². The van der Waals surface area contributed by atoms with Crippen molar-refractivity contribution < 1.29 is 0 Å². The van der Waals surface area contributed by atoms with Gasteiger partial charge in [0.15, 0.2) is 0 Å². The van der Waals surface area contributed by atoms with Crippen LogP contribution in [0, 0.1) is 6.92 Å². The first-order valence-electron chi connectivity index (χ1n) is 5.61. The van der Waals surface area contributed by atoms with E-state index in [4.69, 9.17) is 0 Å². The monoisotopic (exact) mass is 220 g/mol. The van der Waals surface area contributed by atoms with Crippen molar-refractivity contribution in [3.8, 4) is 11.3 Å². The van der Waals surface area contributed by atoms with Crippen molar-refractivity contribution in [1.82, 2.24) is 9.97 Å². The number of pyridine rings is 2. The summed E-state index contributed by atoms with van der Waals surface area (Å²) in [5.41, 5.74) is 4.37. The number of aryl methyl sites for hydroxylation is 1. The number of fused-ring (bicyclic) bond motifs is 1. The SMILES string of the molecule is Cc1cc(-c2ccccc2)nc2ccncc12. The van der Waals surface area contributed by atoms with Crippen LogP contribution in [0.4, 0.5) is 0 Å². The fourth-order valence-electron chi connectivity index (χ4n) is 1.99. The predicted octanol–water partition coefficient (Wildman–Crippen LogP) is 3.61. The Morgan fingerprint density at radius 1 is 1.00 bits per heavy atom. The van der Waals surface area contributed by atoms with Gasteiger partial charge in [0.25, 0.3) is 0 Å². The molecule has 0 atom stereocenters. The molecule has 2 heterocycles. The van der Waals surface area contributed by atoms with Crippen molar-refractivity contribution in [1.29, 1.82) is 0 Å². The standard InChI is InChI=1S/C15H12N2/c1-11-9-15(12-5-3-2-4-6-12)17-14-7-8-16-10-13(11)14/h2-10H,1H3. The van der Waals surface area contributed by atoms with Gasteiger partial charge in [0.1, 0.15) is 0 Å². The van der Waals surface area contributed by atoms with Crippen LogP contribution in [-0.4, -0.2) is 9.97 Å². The molecular formula is C15H12N2. The molecule has 0 radical (unpaired) electrons. The highest BCUT2D eigenvalue weighted by atomic mass is 14.7. The van der Waals surface area contributed by atoms with Crippen LogP contribution in [0.2, 0.25) is 0 Å². The summed E-state index contributed by atoms with van der Waals surface area (Å²) in [5, 5.41) is 1.12. The lowest BCUT2D eigenvalue weighted by Crippen LogP contribution is -1.89. The zero-order chi connectivity index (χ0) is 11.7. The molecule has 0 bridgehead atoms. The minimum Gasteiger partial charge on any atom is -0.264 e. The highest BCUT2D eigenvalue weighted by molar-refractivity contribution is 5.83. The molecule has 3 rings (SSSR count). The first kappa shape index (κ1) is 9.97. The van der Waals surface area contributed by atoms with Gasteiger partial charge in [0.05, 0.1) is 11.2 Å². The lowest BCUT2D eigenvalue weighted by Gasteiger charge is -2.05. The summed E-state index contributed by atoms with van der Waals surface area (Å²) in [6.07, 6.45) is 3.65. The van der Waals surface area contributed by atoms with Gasteiger partial charge in [-0.2, -0.15) is 0 Å². The summed E-state index contributed by atoms with van der Waals surface area (Å²) in [7, 11) is 0. The van der Waals surface area contributed by atoms with Crippen LogP contribution in [0.15, 0.2) is 54.9 Å². The zero-order valence-electron chi connectivity index (χ0n) is 9.59. The molecular weight excluding hydrogens is 208 g/mol. The number of aromatic nitrogens is 2. The van der Waals surface area contributed by atoms with E-state index in [1.54, 1.807) is 6.20 Å². The number of hydrogen-bond acceptors (Lipinski definition) is 2. The summed E-state index contributed by atoms with van der Waals surface area (Å²) in [6, 6.07) is 14.3. The molecule has 0 saturated carbocycles. The Bertz CT molecular complexity index is 660.